The van der Waals surface area contributed by atoms with E-state index >= 15 is 0 Å². The molecule has 0 aliphatic carbocycles. The predicted octanol–water partition coefficient (Wildman–Crippen LogP) is 4.75. The number of nitro groups is 1. The minimum Gasteiger partial charge on any atom is -0.487 e. The molecule has 0 fully saturated rings. The van der Waals surface area contributed by atoms with Gasteiger partial charge in [-0.15, -0.1) is 11.6 Å². The predicted molar refractivity (Wildman–Crippen MR) is 81.8 cm³/mol. The lowest BCUT2D eigenvalue weighted by molar-refractivity contribution is -0.385. The molecule has 0 amide bonds. The molecule has 1 rings (SSSR count). The van der Waals surface area contributed by atoms with Crippen molar-refractivity contribution in [2.75, 3.05) is 6.61 Å². The zero-order chi connectivity index (χ0) is 15.3. The second-order valence-electron chi connectivity index (χ2n) is 5.28. The molecule has 1 aromatic rings. The second kappa shape index (κ2) is 7.48. The number of alkyl halides is 1. The standard InChI is InChI=1S/C15H22ClNO3/c1-5-8-20-14-9-12(6-7-13(14)17(18)19)15(10(2)3)11(4)16/h6-7,9-11,15H,5,8H2,1-4H3. The average molecular weight is 300 g/mol. The molecule has 2 unspecified atom stereocenters. The molecule has 0 aliphatic heterocycles. The van der Waals surface area contributed by atoms with Gasteiger partial charge < -0.3 is 4.74 Å². The van der Waals surface area contributed by atoms with E-state index in [1.165, 1.54) is 6.07 Å². The van der Waals surface area contributed by atoms with Crippen LogP contribution in [0.25, 0.3) is 0 Å². The first-order valence-electron chi connectivity index (χ1n) is 6.93. The summed E-state index contributed by atoms with van der Waals surface area (Å²) in [7, 11) is 0. The van der Waals surface area contributed by atoms with Crippen LogP contribution >= 0.6 is 11.6 Å². The van der Waals surface area contributed by atoms with Crippen LogP contribution in [0.3, 0.4) is 0 Å². The van der Waals surface area contributed by atoms with Gasteiger partial charge >= 0.3 is 5.69 Å². The first kappa shape index (κ1) is 16.8. The topological polar surface area (TPSA) is 52.4 Å². The van der Waals surface area contributed by atoms with Gasteiger partial charge in [-0.05, 0) is 30.9 Å². The maximum atomic E-state index is 11.0. The van der Waals surface area contributed by atoms with Crippen LogP contribution < -0.4 is 4.74 Å². The van der Waals surface area contributed by atoms with Crippen molar-refractivity contribution < 1.29 is 9.66 Å². The lowest BCUT2D eigenvalue weighted by Crippen LogP contribution is -2.16. The van der Waals surface area contributed by atoms with E-state index in [9.17, 15) is 10.1 Å². The quantitative estimate of drug-likeness (QED) is 0.415. The van der Waals surface area contributed by atoms with Crippen LogP contribution in [-0.2, 0) is 0 Å². The lowest BCUT2D eigenvalue weighted by Gasteiger charge is -2.24. The average Bonchev–Trinajstić information content (AvgIpc) is 2.35. The molecule has 0 saturated heterocycles. The number of hydrogen-bond donors (Lipinski definition) is 0. The van der Waals surface area contributed by atoms with Gasteiger partial charge in [-0.1, -0.05) is 26.8 Å². The van der Waals surface area contributed by atoms with E-state index in [2.05, 4.69) is 13.8 Å². The maximum Gasteiger partial charge on any atom is 0.310 e. The summed E-state index contributed by atoms with van der Waals surface area (Å²) in [5, 5.41) is 11.0. The number of rotatable bonds is 7. The summed E-state index contributed by atoms with van der Waals surface area (Å²) >= 11 is 6.26. The molecule has 0 aromatic heterocycles. The Labute approximate surface area is 125 Å². The van der Waals surface area contributed by atoms with Gasteiger partial charge in [0, 0.05) is 17.4 Å². The molecule has 112 valence electrons. The number of hydrogen-bond acceptors (Lipinski definition) is 3. The van der Waals surface area contributed by atoms with E-state index in [4.69, 9.17) is 16.3 Å². The van der Waals surface area contributed by atoms with Crippen molar-refractivity contribution in [3.63, 3.8) is 0 Å². The van der Waals surface area contributed by atoms with Gasteiger partial charge in [0.1, 0.15) is 0 Å². The Balaban J connectivity index is 3.19. The van der Waals surface area contributed by atoms with Crippen LogP contribution in [0.2, 0.25) is 0 Å². The largest absolute Gasteiger partial charge is 0.487 e. The molecule has 0 radical (unpaired) electrons. The summed E-state index contributed by atoms with van der Waals surface area (Å²) in [4.78, 5) is 10.6. The van der Waals surface area contributed by atoms with E-state index in [0.717, 1.165) is 12.0 Å². The fraction of sp³-hybridized carbons (Fsp3) is 0.600. The van der Waals surface area contributed by atoms with E-state index < -0.39 is 4.92 Å². The van der Waals surface area contributed by atoms with Gasteiger partial charge in [0.2, 0.25) is 0 Å². The van der Waals surface area contributed by atoms with E-state index in [0.29, 0.717) is 18.3 Å². The molecule has 5 heteroatoms. The normalized spacial score (nSPS) is 14.1. The zero-order valence-electron chi connectivity index (χ0n) is 12.4. The summed E-state index contributed by atoms with van der Waals surface area (Å²) < 4.78 is 5.51. The van der Waals surface area contributed by atoms with Crippen LogP contribution in [0.4, 0.5) is 5.69 Å². The third-order valence-corrected chi connectivity index (χ3v) is 3.51. The van der Waals surface area contributed by atoms with Gasteiger partial charge in [0.15, 0.2) is 5.75 Å². The van der Waals surface area contributed by atoms with Crippen LogP contribution in [0.1, 0.15) is 45.6 Å². The number of ether oxygens (including phenoxy) is 1. The molecule has 0 saturated carbocycles. The van der Waals surface area contributed by atoms with Gasteiger partial charge in [0.05, 0.1) is 11.5 Å². The fourth-order valence-electron chi connectivity index (χ4n) is 2.40. The smallest absolute Gasteiger partial charge is 0.310 e. The highest BCUT2D eigenvalue weighted by Gasteiger charge is 2.24. The summed E-state index contributed by atoms with van der Waals surface area (Å²) in [6, 6.07) is 5.05. The highest BCUT2D eigenvalue weighted by atomic mass is 35.5. The molecule has 2 atom stereocenters. The van der Waals surface area contributed by atoms with Gasteiger partial charge in [-0.2, -0.15) is 0 Å². The minimum absolute atomic E-state index is 0.00642. The van der Waals surface area contributed by atoms with Crippen molar-refractivity contribution in [2.45, 2.75) is 45.4 Å². The molecule has 0 heterocycles. The maximum absolute atomic E-state index is 11.0. The highest BCUT2D eigenvalue weighted by molar-refractivity contribution is 6.20. The second-order valence-corrected chi connectivity index (χ2v) is 5.97. The highest BCUT2D eigenvalue weighted by Crippen LogP contribution is 2.36. The molecular formula is C15H22ClNO3. The van der Waals surface area contributed by atoms with Crippen LogP contribution in [0, 0.1) is 16.0 Å². The Morgan fingerprint density at radius 3 is 2.45 bits per heavy atom. The number of nitrogens with zero attached hydrogens (tertiary/aromatic N) is 1. The van der Waals surface area contributed by atoms with Gasteiger partial charge in [-0.25, -0.2) is 0 Å². The Hall–Kier alpha value is -1.29. The van der Waals surface area contributed by atoms with Crippen molar-refractivity contribution in [1.82, 2.24) is 0 Å². The summed E-state index contributed by atoms with van der Waals surface area (Å²) in [5.74, 6) is 0.821. The van der Waals surface area contributed by atoms with Gasteiger partial charge in [-0.3, -0.25) is 10.1 Å². The zero-order valence-corrected chi connectivity index (χ0v) is 13.2. The molecule has 0 N–H and O–H groups in total. The number of benzene rings is 1. The minimum atomic E-state index is -0.413. The molecule has 1 aromatic carbocycles. The molecule has 20 heavy (non-hydrogen) atoms. The molecular weight excluding hydrogens is 278 g/mol. The first-order valence-corrected chi connectivity index (χ1v) is 7.37. The van der Waals surface area contributed by atoms with E-state index in [1.807, 2.05) is 13.8 Å². The van der Waals surface area contributed by atoms with Crippen LogP contribution in [0.5, 0.6) is 5.75 Å². The monoisotopic (exact) mass is 299 g/mol. The van der Waals surface area contributed by atoms with Crippen molar-refractivity contribution in [3.8, 4) is 5.75 Å². The molecule has 0 aliphatic rings. The first-order chi connectivity index (χ1) is 9.38. The van der Waals surface area contributed by atoms with Gasteiger partial charge in [0.25, 0.3) is 0 Å². The number of nitro benzene ring substituents is 1. The summed E-state index contributed by atoms with van der Waals surface area (Å²) in [6.07, 6.45) is 0.806. The van der Waals surface area contributed by atoms with Crippen molar-refractivity contribution >= 4 is 17.3 Å². The molecule has 0 bridgehead atoms. The van der Waals surface area contributed by atoms with Crippen molar-refractivity contribution in [3.05, 3.63) is 33.9 Å². The van der Waals surface area contributed by atoms with E-state index in [-0.39, 0.29) is 17.0 Å². The van der Waals surface area contributed by atoms with Crippen molar-refractivity contribution in [1.29, 1.82) is 0 Å². The fourth-order valence-corrected chi connectivity index (χ4v) is 2.83. The number of halogens is 1. The summed E-state index contributed by atoms with van der Waals surface area (Å²) in [6.45, 7) is 8.57. The van der Waals surface area contributed by atoms with Crippen LogP contribution in [0.15, 0.2) is 18.2 Å². The Kier molecular flexibility index (Phi) is 6.27. The lowest BCUT2D eigenvalue weighted by atomic mass is 9.86. The molecule has 0 spiro atoms. The Morgan fingerprint density at radius 1 is 1.35 bits per heavy atom. The van der Waals surface area contributed by atoms with Crippen molar-refractivity contribution in [2.24, 2.45) is 5.92 Å². The Bertz CT molecular complexity index is 452. The Morgan fingerprint density at radius 2 is 2.00 bits per heavy atom. The summed E-state index contributed by atoms with van der Waals surface area (Å²) in [5.41, 5.74) is 0.992. The third-order valence-electron chi connectivity index (χ3n) is 3.24. The third kappa shape index (κ3) is 4.10. The van der Waals surface area contributed by atoms with Crippen LogP contribution in [-0.4, -0.2) is 16.9 Å². The SMILES string of the molecule is CCCOc1cc(C(C(C)C)C(C)Cl)ccc1[N+](=O)[O-]. The van der Waals surface area contributed by atoms with E-state index in [1.54, 1.807) is 12.1 Å². The molecule has 4 nitrogen and oxygen atoms in total.